The van der Waals surface area contributed by atoms with Crippen molar-refractivity contribution in [2.45, 2.75) is 19.4 Å². The summed E-state index contributed by atoms with van der Waals surface area (Å²) in [4.78, 5) is 19.6. The number of nitrogens with zero attached hydrogens (tertiary/aromatic N) is 2. The van der Waals surface area contributed by atoms with E-state index < -0.39 is 5.92 Å². The summed E-state index contributed by atoms with van der Waals surface area (Å²) in [6.45, 7) is 1.21. The first-order valence-electron chi connectivity index (χ1n) is 9.95. The third kappa shape index (κ3) is 3.70. The molecule has 0 spiro atoms. The Bertz CT molecular complexity index is 1390. The van der Waals surface area contributed by atoms with Gasteiger partial charge in [-0.3, -0.25) is 4.79 Å². The summed E-state index contributed by atoms with van der Waals surface area (Å²) in [5, 5.41) is 3.68. The molecule has 1 aliphatic rings. The smallest absolute Gasteiger partial charge is 0.277 e. The average molecular weight is 467 g/mol. The first-order valence-corrected chi connectivity index (χ1v) is 11.2. The van der Waals surface area contributed by atoms with E-state index in [1.807, 2.05) is 47.8 Å². The summed E-state index contributed by atoms with van der Waals surface area (Å²) in [6.07, 6.45) is 0. The van der Waals surface area contributed by atoms with Gasteiger partial charge in [0, 0.05) is 27.8 Å². The van der Waals surface area contributed by atoms with Gasteiger partial charge in [-0.05, 0) is 52.7 Å². The number of aliphatic imine (C=N–C) groups is 1. The molecule has 2 heterocycles. The van der Waals surface area contributed by atoms with Crippen LogP contribution in [0.15, 0.2) is 77.1 Å². The molecule has 0 fully saturated rings. The third-order valence-corrected chi connectivity index (χ3v) is 6.68. The number of carbonyl (C=O) groups is 1. The molecule has 0 saturated carbocycles. The second-order valence-electron chi connectivity index (χ2n) is 7.71. The summed E-state index contributed by atoms with van der Waals surface area (Å²) < 4.78 is 28.6. The molecule has 0 atom stereocenters. The molecule has 160 valence electrons. The lowest BCUT2D eigenvalue weighted by molar-refractivity contribution is -0.112. The van der Waals surface area contributed by atoms with Crippen molar-refractivity contribution >= 4 is 56.0 Å². The van der Waals surface area contributed by atoms with Crippen molar-refractivity contribution in [2.75, 3.05) is 4.90 Å². The maximum absolute atomic E-state index is 13.8. The molecule has 3 aromatic carbocycles. The van der Waals surface area contributed by atoms with Crippen molar-refractivity contribution in [3.63, 3.8) is 0 Å². The van der Waals surface area contributed by atoms with Crippen LogP contribution >= 0.6 is 22.9 Å². The highest BCUT2D eigenvalue weighted by molar-refractivity contribution is 7.17. The minimum absolute atomic E-state index is 0.142. The van der Waals surface area contributed by atoms with E-state index in [2.05, 4.69) is 4.99 Å². The number of anilines is 1. The van der Waals surface area contributed by atoms with E-state index >= 15 is 0 Å². The van der Waals surface area contributed by atoms with Gasteiger partial charge in [-0.15, -0.1) is 11.3 Å². The zero-order valence-corrected chi connectivity index (χ0v) is 18.6. The fourth-order valence-electron chi connectivity index (χ4n) is 3.85. The van der Waals surface area contributed by atoms with Crippen molar-refractivity contribution in [3.8, 4) is 0 Å². The van der Waals surface area contributed by atoms with E-state index in [0.29, 0.717) is 22.8 Å². The summed E-state index contributed by atoms with van der Waals surface area (Å²) in [7, 11) is 0. The maximum Gasteiger partial charge on any atom is 0.277 e. The number of para-hydroxylation sites is 1. The Morgan fingerprint density at radius 1 is 1.06 bits per heavy atom. The van der Waals surface area contributed by atoms with E-state index in [1.165, 1.54) is 18.2 Å². The topological polar surface area (TPSA) is 32.7 Å². The number of rotatable bonds is 4. The predicted molar refractivity (Wildman–Crippen MR) is 127 cm³/mol. The molecular weight excluding hydrogens is 450 g/mol. The number of alkyl halides is 2. The van der Waals surface area contributed by atoms with Gasteiger partial charge in [0.2, 0.25) is 0 Å². The van der Waals surface area contributed by atoms with E-state index in [-0.39, 0.29) is 17.2 Å². The van der Waals surface area contributed by atoms with E-state index in [9.17, 15) is 13.6 Å². The lowest BCUT2D eigenvalue weighted by atomic mass is 10.1. The standard InChI is InChI=1S/C25H17ClF2N2OS/c1-25(27,28)16-5-4-6-18(11-16)29-23-19-7-2-3-8-21(19)30(24(23)31)13-15-14-32-22-10-9-17(26)12-20(15)22/h2-12,14H,13H2,1H3. The first-order chi connectivity index (χ1) is 15.3. The molecule has 1 aromatic heterocycles. The monoisotopic (exact) mass is 466 g/mol. The summed E-state index contributed by atoms with van der Waals surface area (Å²) in [6, 6.07) is 18.9. The third-order valence-electron chi connectivity index (χ3n) is 5.44. The van der Waals surface area contributed by atoms with Gasteiger partial charge in [0.25, 0.3) is 11.8 Å². The largest absolute Gasteiger partial charge is 0.302 e. The number of thiophene rings is 1. The number of hydrogen-bond donors (Lipinski definition) is 0. The van der Waals surface area contributed by atoms with Crippen LogP contribution < -0.4 is 4.90 Å². The van der Waals surface area contributed by atoms with Crippen molar-refractivity contribution in [1.29, 1.82) is 0 Å². The van der Waals surface area contributed by atoms with Crippen LogP contribution in [0.3, 0.4) is 0 Å². The van der Waals surface area contributed by atoms with E-state index in [0.717, 1.165) is 28.3 Å². The second kappa shape index (κ2) is 7.80. The van der Waals surface area contributed by atoms with E-state index in [1.54, 1.807) is 22.3 Å². The summed E-state index contributed by atoms with van der Waals surface area (Å²) in [5.74, 6) is -3.25. The highest BCUT2D eigenvalue weighted by Crippen LogP contribution is 2.36. The molecular formula is C25H17ClF2N2OS. The summed E-state index contributed by atoms with van der Waals surface area (Å²) >= 11 is 7.78. The molecule has 32 heavy (non-hydrogen) atoms. The molecule has 0 N–H and O–H groups in total. The highest BCUT2D eigenvalue weighted by Gasteiger charge is 2.34. The maximum atomic E-state index is 13.8. The molecule has 5 rings (SSSR count). The minimum atomic E-state index is -2.99. The number of fused-ring (bicyclic) bond motifs is 2. The van der Waals surface area contributed by atoms with Crippen LogP contribution in [0, 0.1) is 0 Å². The number of carbonyl (C=O) groups excluding carboxylic acids is 1. The lowest BCUT2D eigenvalue weighted by Gasteiger charge is -2.16. The quantitative estimate of drug-likeness (QED) is 0.310. The fraction of sp³-hybridized carbons (Fsp3) is 0.120. The van der Waals surface area contributed by atoms with Gasteiger partial charge in [-0.2, -0.15) is 0 Å². The molecule has 1 amide bonds. The number of halogens is 3. The van der Waals surface area contributed by atoms with Crippen LogP contribution in [0.1, 0.15) is 23.6 Å². The Labute approximate surface area is 192 Å². The van der Waals surface area contributed by atoms with Gasteiger partial charge in [0.05, 0.1) is 17.9 Å². The molecule has 0 radical (unpaired) electrons. The molecule has 0 unspecified atom stereocenters. The van der Waals surface area contributed by atoms with Crippen molar-refractivity contribution in [1.82, 2.24) is 0 Å². The number of benzene rings is 3. The van der Waals surface area contributed by atoms with Gasteiger partial charge in [-0.1, -0.05) is 41.9 Å². The van der Waals surface area contributed by atoms with Gasteiger partial charge in [-0.25, -0.2) is 13.8 Å². The molecule has 0 aliphatic carbocycles. The Morgan fingerprint density at radius 3 is 2.69 bits per heavy atom. The Hall–Kier alpha value is -3.09. The van der Waals surface area contributed by atoms with Crippen LogP contribution in [0.2, 0.25) is 5.02 Å². The zero-order valence-electron chi connectivity index (χ0n) is 17.0. The van der Waals surface area contributed by atoms with Gasteiger partial charge in [0.15, 0.2) is 0 Å². The van der Waals surface area contributed by atoms with Crippen LogP contribution in [0.5, 0.6) is 0 Å². The van der Waals surface area contributed by atoms with Crippen LogP contribution in [0.4, 0.5) is 20.2 Å². The van der Waals surface area contributed by atoms with Crippen molar-refractivity contribution in [2.24, 2.45) is 4.99 Å². The van der Waals surface area contributed by atoms with Crippen LogP contribution in [-0.4, -0.2) is 11.6 Å². The summed E-state index contributed by atoms with van der Waals surface area (Å²) in [5.41, 5.74) is 2.84. The second-order valence-corrected chi connectivity index (χ2v) is 9.06. The van der Waals surface area contributed by atoms with E-state index in [4.69, 9.17) is 11.6 Å². The Balaban J connectivity index is 1.55. The number of hydrogen-bond acceptors (Lipinski definition) is 3. The highest BCUT2D eigenvalue weighted by atomic mass is 35.5. The Kier molecular flexibility index (Phi) is 5.07. The first kappa shape index (κ1) is 20.8. The van der Waals surface area contributed by atoms with Crippen LogP contribution in [-0.2, 0) is 17.3 Å². The minimum Gasteiger partial charge on any atom is -0.302 e. The predicted octanol–water partition coefficient (Wildman–Crippen LogP) is 7.33. The number of amides is 1. The van der Waals surface area contributed by atoms with Crippen molar-refractivity contribution < 1.29 is 13.6 Å². The molecule has 0 saturated heterocycles. The SMILES string of the molecule is CC(F)(F)c1cccc(N=C2C(=O)N(Cc3csc4ccc(Cl)cc34)c3ccccc32)c1. The van der Waals surface area contributed by atoms with Gasteiger partial charge >= 0.3 is 0 Å². The normalized spacial score (nSPS) is 15.1. The molecule has 1 aliphatic heterocycles. The fourth-order valence-corrected chi connectivity index (χ4v) is 4.96. The Morgan fingerprint density at radius 2 is 1.88 bits per heavy atom. The van der Waals surface area contributed by atoms with Crippen LogP contribution in [0.25, 0.3) is 10.1 Å². The van der Waals surface area contributed by atoms with Crippen molar-refractivity contribution in [3.05, 3.63) is 93.8 Å². The lowest BCUT2D eigenvalue weighted by Crippen LogP contribution is -2.29. The molecule has 0 bridgehead atoms. The zero-order chi connectivity index (χ0) is 22.5. The molecule has 4 aromatic rings. The molecule has 3 nitrogen and oxygen atoms in total. The van der Waals surface area contributed by atoms with Gasteiger partial charge < -0.3 is 4.90 Å². The van der Waals surface area contributed by atoms with Gasteiger partial charge in [0.1, 0.15) is 5.71 Å². The average Bonchev–Trinajstić information content (AvgIpc) is 3.28. The molecule has 7 heteroatoms.